The fourth-order valence-electron chi connectivity index (χ4n) is 3.64. The Balaban J connectivity index is 1.37. The van der Waals surface area contributed by atoms with Crippen LogP contribution in [-0.2, 0) is 6.42 Å². The van der Waals surface area contributed by atoms with Crippen molar-refractivity contribution in [1.82, 2.24) is 15.0 Å². The second-order valence-electron chi connectivity index (χ2n) is 7.26. The number of aromatic nitrogens is 3. The lowest BCUT2D eigenvalue weighted by Crippen LogP contribution is -2.11. The monoisotopic (exact) mass is 385 g/mol. The molecule has 4 aromatic rings. The van der Waals surface area contributed by atoms with E-state index < -0.39 is 0 Å². The summed E-state index contributed by atoms with van der Waals surface area (Å²) < 4.78 is 0. The summed E-state index contributed by atoms with van der Waals surface area (Å²) in [6.07, 6.45) is 2.59. The van der Waals surface area contributed by atoms with Crippen LogP contribution >= 0.6 is 11.8 Å². The van der Waals surface area contributed by atoms with E-state index in [4.69, 9.17) is 4.98 Å². The van der Waals surface area contributed by atoms with Crippen LogP contribution in [-0.4, -0.2) is 26.0 Å². The van der Waals surface area contributed by atoms with Gasteiger partial charge in [-0.25, -0.2) is 9.97 Å². The maximum Gasteiger partial charge on any atom is 0.176 e. The number of Topliss-reactive ketones (excluding diaryl/α,β-unsaturated/α-hetero) is 1. The third kappa shape index (κ3) is 2.92. The number of rotatable bonds is 3. The number of pyridine rings is 1. The smallest absolute Gasteiger partial charge is 0.176 e. The molecule has 1 aliphatic carbocycles. The molecule has 138 valence electrons. The van der Waals surface area contributed by atoms with Crippen molar-refractivity contribution in [1.29, 1.82) is 0 Å². The maximum atomic E-state index is 12.6. The lowest BCUT2D eigenvalue weighted by atomic mass is 10.1. The van der Waals surface area contributed by atoms with Crippen LogP contribution in [0.15, 0.2) is 59.8 Å². The number of thioether (sulfide) groups is 1. The fourth-order valence-corrected chi connectivity index (χ4v) is 4.69. The van der Waals surface area contributed by atoms with E-state index in [1.807, 2.05) is 42.6 Å². The summed E-state index contributed by atoms with van der Waals surface area (Å²) in [6, 6.07) is 16.1. The summed E-state index contributed by atoms with van der Waals surface area (Å²) in [5.41, 5.74) is 7.40. The van der Waals surface area contributed by atoms with Crippen molar-refractivity contribution in [3.05, 3.63) is 77.0 Å². The summed E-state index contributed by atoms with van der Waals surface area (Å²) in [5, 5.41) is 0.769. The van der Waals surface area contributed by atoms with Crippen molar-refractivity contribution in [2.24, 2.45) is 0 Å². The van der Waals surface area contributed by atoms with Gasteiger partial charge in [-0.15, -0.1) is 0 Å². The molecule has 0 bridgehead atoms. The number of hydrogen-bond acceptors (Lipinski definition) is 4. The quantitative estimate of drug-likeness (QED) is 0.530. The standard InChI is InChI=1S/C23H19N3OS/c1-13-9-18-19(10-14(13)2)26-23(25-18)16-7-8-21(24-12-16)28-20-11-15-5-3-4-6-17(15)22(20)27/h3-10,12,20H,11H2,1-2H3,(H,25,26)/t20-/m1/s1. The number of aromatic amines is 1. The Morgan fingerprint density at radius 1 is 1.07 bits per heavy atom. The van der Waals surface area contributed by atoms with Gasteiger partial charge in [0.25, 0.3) is 0 Å². The number of carbonyl (C=O) groups excluding carboxylic acids is 1. The van der Waals surface area contributed by atoms with Gasteiger partial charge < -0.3 is 4.98 Å². The Hall–Kier alpha value is -2.92. The average molecular weight is 385 g/mol. The predicted octanol–water partition coefficient (Wildman–Crippen LogP) is 5.14. The highest BCUT2D eigenvalue weighted by molar-refractivity contribution is 8.00. The Morgan fingerprint density at radius 3 is 2.68 bits per heavy atom. The van der Waals surface area contributed by atoms with Crippen molar-refractivity contribution in [3.63, 3.8) is 0 Å². The Kier molecular flexibility index (Phi) is 4.05. The highest BCUT2D eigenvalue weighted by Crippen LogP contribution is 2.34. The van der Waals surface area contributed by atoms with Gasteiger partial charge in [0.2, 0.25) is 0 Å². The topological polar surface area (TPSA) is 58.6 Å². The average Bonchev–Trinajstić information content (AvgIpc) is 3.24. The van der Waals surface area contributed by atoms with Gasteiger partial charge in [-0.3, -0.25) is 4.79 Å². The summed E-state index contributed by atoms with van der Waals surface area (Å²) in [4.78, 5) is 25.2. The van der Waals surface area contributed by atoms with E-state index in [9.17, 15) is 4.79 Å². The van der Waals surface area contributed by atoms with Gasteiger partial charge in [0.15, 0.2) is 5.78 Å². The normalized spacial score (nSPS) is 15.9. The summed E-state index contributed by atoms with van der Waals surface area (Å²) in [7, 11) is 0. The predicted molar refractivity (Wildman–Crippen MR) is 113 cm³/mol. The molecule has 2 aromatic heterocycles. The zero-order valence-electron chi connectivity index (χ0n) is 15.7. The first-order chi connectivity index (χ1) is 13.6. The number of nitrogens with zero attached hydrogens (tertiary/aromatic N) is 2. The maximum absolute atomic E-state index is 12.6. The molecule has 0 fully saturated rings. The molecule has 0 unspecified atom stereocenters. The minimum Gasteiger partial charge on any atom is -0.338 e. The van der Waals surface area contributed by atoms with Crippen molar-refractivity contribution in [2.45, 2.75) is 30.5 Å². The summed E-state index contributed by atoms with van der Waals surface area (Å²) in [6.45, 7) is 4.20. The highest BCUT2D eigenvalue weighted by Gasteiger charge is 2.31. The molecule has 28 heavy (non-hydrogen) atoms. The number of imidazole rings is 1. The zero-order chi connectivity index (χ0) is 19.3. The van der Waals surface area contributed by atoms with E-state index in [-0.39, 0.29) is 11.0 Å². The lowest BCUT2D eigenvalue weighted by molar-refractivity contribution is 0.1000. The first-order valence-corrected chi connectivity index (χ1v) is 10.2. The van der Waals surface area contributed by atoms with Crippen molar-refractivity contribution >= 4 is 28.6 Å². The highest BCUT2D eigenvalue weighted by atomic mass is 32.2. The molecule has 1 atom stereocenters. The number of hydrogen-bond donors (Lipinski definition) is 1. The Morgan fingerprint density at radius 2 is 1.89 bits per heavy atom. The molecule has 5 rings (SSSR count). The van der Waals surface area contributed by atoms with E-state index in [1.165, 1.54) is 22.9 Å². The van der Waals surface area contributed by atoms with Crippen LogP contribution in [0.5, 0.6) is 0 Å². The molecule has 2 heterocycles. The summed E-state index contributed by atoms with van der Waals surface area (Å²) >= 11 is 1.54. The Bertz CT molecular complexity index is 1170. The molecular weight excluding hydrogens is 366 g/mol. The summed E-state index contributed by atoms with van der Waals surface area (Å²) in [5.74, 6) is 1.02. The van der Waals surface area contributed by atoms with Gasteiger partial charge in [-0.05, 0) is 61.2 Å². The van der Waals surface area contributed by atoms with Gasteiger partial charge >= 0.3 is 0 Å². The molecule has 0 saturated heterocycles. The van der Waals surface area contributed by atoms with Crippen LogP contribution in [0.2, 0.25) is 0 Å². The minimum atomic E-state index is -0.0899. The van der Waals surface area contributed by atoms with Crippen LogP contribution < -0.4 is 0 Å². The molecule has 0 radical (unpaired) electrons. The zero-order valence-corrected chi connectivity index (χ0v) is 16.5. The second-order valence-corrected chi connectivity index (χ2v) is 8.48. The van der Waals surface area contributed by atoms with Crippen LogP contribution in [0.25, 0.3) is 22.4 Å². The third-order valence-corrected chi connectivity index (χ3v) is 6.50. The van der Waals surface area contributed by atoms with E-state index in [0.717, 1.165) is 45.0 Å². The number of nitrogens with one attached hydrogen (secondary N) is 1. The third-order valence-electron chi connectivity index (χ3n) is 5.35. The second kappa shape index (κ2) is 6.60. The SMILES string of the molecule is Cc1cc2nc(-c3ccc(S[C@@H]4Cc5ccccc5C4=O)nc3)[nH]c2cc1C. The molecule has 0 amide bonds. The number of benzene rings is 2. The van der Waals surface area contributed by atoms with Gasteiger partial charge in [0.1, 0.15) is 5.82 Å². The van der Waals surface area contributed by atoms with Gasteiger partial charge in [-0.2, -0.15) is 0 Å². The lowest BCUT2D eigenvalue weighted by Gasteiger charge is -2.07. The van der Waals surface area contributed by atoms with E-state index in [1.54, 1.807) is 0 Å². The van der Waals surface area contributed by atoms with E-state index >= 15 is 0 Å². The van der Waals surface area contributed by atoms with E-state index in [2.05, 4.69) is 35.9 Å². The molecule has 0 saturated carbocycles. The van der Waals surface area contributed by atoms with Gasteiger partial charge in [0, 0.05) is 17.3 Å². The van der Waals surface area contributed by atoms with Crippen molar-refractivity contribution in [2.75, 3.05) is 0 Å². The van der Waals surface area contributed by atoms with Crippen LogP contribution in [0.3, 0.4) is 0 Å². The number of aryl methyl sites for hydroxylation is 2. The Labute approximate surface area is 167 Å². The van der Waals surface area contributed by atoms with Crippen LogP contribution in [0.1, 0.15) is 27.0 Å². The molecular formula is C23H19N3OS. The van der Waals surface area contributed by atoms with Crippen molar-refractivity contribution < 1.29 is 4.79 Å². The molecule has 0 aliphatic heterocycles. The molecule has 1 N–H and O–H groups in total. The number of H-pyrrole nitrogens is 1. The van der Waals surface area contributed by atoms with Gasteiger partial charge in [-0.1, -0.05) is 36.0 Å². The van der Waals surface area contributed by atoms with Crippen LogP contribution in [0.4, 0.5) is 0 Å². The van der Waals surface area contributed by atoms with Crippen molar-refractivity contribution in [3.8, 4) is 11.4 Å². The molecule has 2 aromatic carbocycles. The van der Waals surface area contributed by atoms with E-state index in [0.29, 0.717) is 0 Å². The molecule has 4 nitrogen and oxygen atoms in total. The van der Waals surface area contributed by atoms with Crippen LogP contribution in [0, 0.1) is 13.8 Å². The first kappa shape index (κ1) is 17.2. The minimum absolute atomic E-state index is 0.0899. The number of ketones is 1. The fraction of sp³-hybridized carbons (Fsp3) is 0.174. The number of carbonyl (C=O) groups is 1. The molecule has 1 aliphatic rings. The van der Waals surface area contributed by atoms with Gasteiger partial charge in [0.05, 0.1) is 21.3 Å². The molecule has 0 spiro atoms. The first-order valence-electron chi connectivity index (χ1n) is 9.30. The number of fused-ring (bicyclic) bond motifs is 2. The largest absolute Gasteiger partial charge is 0.338 e. The molecule has 5 heteroatoms.